The van der Waals surface area contributed by atoms with Crippen LogP contribution in [-0.2, 0) is 16.5 Å². The van der Waals surface area contributed by atoms with Gasteiger partial charge in [-0.1, -0.05) is 6.92 Å². The minimum Gasteiger partial charge on any atom is -0.465 e. The third-order valence-electron chi connectivity index (χ3n) is 3.62. The van der Waals surface area contributed by atoms with Gasteiger partial charge in [-0.15, -0.1) is 11.3 Å². The standard InChI is InChI=1S/C17H21N3O5S/c1-6-7-25-16(22)12-10(3)13(17(23)24-5)26-15(12)18-14(21)11-8-9(2)19-20(11)4/h8H,6-7H2,1-5H3,(H,18,21). The number of hydrogen-bond donors (Lipinski definition) is 1. The number of nitrogens with zero attached hydrogens (tertiary/aromatic N) is 2. The van der Waals surface area contributed by atoms with Crippen LogP contribution in [0, 0.1) is 13.8 Å². The fourth-order valence-electron chi connectivity index (χ4n) is 2.39. The van der Waals surface area contributed by atoms with Gasteiger partial charge in [-0.05, 0) is 31.9 Å². The third kappa shape index (κ3) is 3.93. The second-order valence-electron chi connectivity index (χ2n) is 5.64. The Balaban J connectivity index is 2.42. The van der Waals surface area contributed by atoms with Crippen LogP contribution in [-0.4, -0.2) is 41.3 Å². The number of carbonyl (C=O) groups is 3. The first kappa shape index (κ1) is 19.6. The molecule has 0 radical (unpaired) electrons. The highest BCUT2D eigenvalue weighted by Gasteiger charge is 2.27. The summed E-state index contributed by atoms with van der Waals surface area (Å²) < 4.78 is 11.4. The van der Waals surface area contributed by atoms with Gasteiger partial charge in [-0.2, -0.15) is 5.10 Å². The number of esters is 2. The van der Waals surface area contributed by atoms with Crippen LogP contribution >= 0.6 is 11.3 Å². The van der Waals surface area contributed by atoms with Gasteiger partial charge in [0.15, 0.2) is 0 Å². The highest BCUT2D eigenvalue weighted by Crippen LogP contribution is 2.34. The second kappa shape index (κ2) is 8.13. The van der Waals surface area contributed by atoms with Gasteiger partial charge in [0.1, 0.15) is 15.6 Å². The van der Waals surface area contributed by atoms with Crippen LogP contribution in [0.4, 0.5) is 5.00 Å². The fourth-order valence-corrected chi connectivity index (χ4v) is 3.50. The van der Waals surface area contributed by atoms with E-state index in [9.17, 15) is 14.4 Å². The second-order valence-corrected chi connectivity index (χ2v) is 6.66. The Hall–Kier alpha value is -2.68. The molecular formula is C17H21N3O5S. The van der Waals surface area contributed by atoms with Crippen LogP contribution in [0.3, 0.4) is 0 Å². The van der Waals surface area contributed by atoms with Crippen molar-refractivity contribution in [3.05, 3.63) is 33.5 Å². The molecule has 2 aromatic rings. The Morgan fingerprint density at radius 2 is 1.96 bits per heavy atom. The molecule has 0 aromatic carbocycles. The Morgan fingerprint density at radius 3 is 2.50 bits per heavy atom. The number of carbonyl (C=O) groups excluding carboxylic acids is 3. The smallest absolute Gasteiger partial charge is 0.348 e. The summed E-state index contributed by atoms with van der Waals surface area (Å²) >= 11 is 0.979. The molecule has 0 atom stereocenters. The molecule has 0 bridgehead atoms. The molecular weight excluding hydrogens is 358 g/mol. The zero-order valence-corrected chi connectivity index (χ0v) is 16.2. The zero-order chi connectivity index (χ0) is 19.4. The number of rotatable bonds is 6. The molecule has 0 aliphatic rings. The fraction of sp³-hybridized carbons (Fsp3) is 0.412. The first-order valence-corrected chi connectivity index (χ1v) is 8.82. The summed E-state index contributed by atoms with van der Waals surface area (Å²) in [5.41, 5.74) is 1.61. The Morgan fingerprint density at radius 1 is 1.27 bits per heavy atom. The van der Waals surface area contributed by atoms with Crippen molar-refractivity contribution in [3.63, 3.8) is 0 Å². The summed E-state index contributed by atoms with van der Waals surface area (Å²) in [5, 5.41) is 7.06. The lowest BCUT2D eigenvalue weighted by atomic mass is 10.1. The minimum absolute atomic E-state index is 0.163. The average Bonchev–Trinajstić information content (AvgIpc) is 3.10. The highest BCUT2D eigenvalue weighted by molar-refractivity contribution is 7.18. The van der Waals surface area contributed by atoms with Crippen LogP contribution in [0.15, 0.2) is 6.07 Å². The summed E-state index contributed by atoms with van der Waals surface area (Å²) in [5.74, 6) is -1.60. The number of amides is 1. The summed E-state index contributed by atoms with van der Waals surface area (Å²) in [7, 11) is 2.91. The summed E-state index contributed by atoms with van der Waals surface area (Å²) in [6.45, 7) is 5.52. The molecule has 9 heteroatoms. The minimum atomic E-state index is -0.591. The maximum Gasteiger partial charge on any atom is 0.348 e. The third-order valence-corrected chi connectivity index (χ3v) is 4.81. The Bertz CT molecular complexity index is 853. The van der Waals surface area contributed by atoms with Crippen LogP contribution < -0.4 is 5.32 Å². The first-order chi connectivity index (χ1) is 12.3. The first-order valence-electron chi connectivity index (χ1n) is 8.00. The van der Waals surface area contributed by atoms with Crippen molar-refractivity contribution in [3.8, 4) is 0 Å². The normalized spacial score (nSPS) is 10.5. The largest absolute Gasteiger partial charge is 0.465 e. The Labute approximate surface area is 155 Å². The average molecular weight is 379 g/mol. The van der Waals surface area contributed by atoms with Gasteiger partial charge in [-0.25, -0.2) is 9.59 Å². The van der Waals surface area contributed by atoms with Crippen molar-refractivity contribution < 1.29 is 23.9 Å². The van der Waals surface area contributed by atoms with E-state index in [1.807, 2.05) is 6.92 Å². The van der Waals surface area contributed by atoms with E-state index >= 15 is 0 Å². The molecule has 140 valence electrons. The molecule has 0 unspecified atom stereocenters. The molecule has 8 nitrogen and oxygen atoms in total. The lowest BCUT2D eigenvalue weighted by molar-refractivity contribution is 0.0506. The van der Waals surface area contributed by atoms with Crippen molar-refractivity contribution >= 4 is 34.2 Å². The predicted molar refractivity (Wildman–Crippen MR) is 96.9 cm³/mol. The molecule has 2 rings (SSSR count). The summed E-state index contributed by atoms with van der Waals surface area (Å²) in [4.78, 5) is 37.2. The van der Waals surface area contributed by atoms with E-state index in [0.717, 1.165) is 11.3 Å². The van der Waals surface area contributed by atoms with Gasteiger partial charge < -0.3 is 14.8 Å². The molecule has 2 heterocycles. The molecule has 0 aliphatic heterocycles. The van der Waals surface area contributed by atoms with Gasteiger partial charge in [-0.3, -0.25) is 9.48 Å². The molecule has 2 aromatic heterocycles. The number of nitrogens with one attached hydrogen (secondary N) is 1. The molecule has 0 spiro atoms. The summed E-state index contributed by atoms with van der Waals surface area (Å²) in [6.07, 6.45) is 0.661. The van der Waals surface area contributed by atoms with E-state index in [1.54, 1.807) is 27.0 Å². The van der Waals surface area contributed by atoms with E-state index in [4.69, 9.17) is 9.47 Å². The lowest BCUT2D eigenvalue weighted by Crippen LogP contribution is -2.17. The van der Waals surface area contributed by atoms with Crippen molar-refractivity contribution in [1.29, 1.82) is 0 Å². The van der Waals surface area contributed by atoms with Crippen molar-refractivity contribution in [2.75, 3.05) is 19.0 Å². The van der Waals surface area contributed by atoms with Crippen LogP contribution in [0.25, 0.3) is 0 Å². The molecule has 1 N–H and O–H groups in total. The Kier molecular flexibility index (Phi) is 6.14. The van der Waals surface area contributed by atoms with Crippen molar-refractivity contribution in [2.45, 2.75) is 27.2 Å². The SMILES string of the molecule is CCCOC(=O)c1c(NC(=O)c2cc(C)nn2C)sc(C(=O)OC)c1C. The van der Waals surface area contributed by atoms with Crippen molar-refractivity contribution in [1.82, 2.24) is 9.78 Å². The number of aromatic nitrogens is 2. The van der Waals surface area contributed by atoms with E-state index in [0.29, 0.717) is 23.4 Å². The maximum absolute atomic E-state index is 12.6. The van der Waals surface area contributed by atoms with Gasteiger partial charge in [0.05, 0.1) is 25.0 Å². The van der Waals surface area contributed by atoms with Crippen LogP contribution in [0.5, 0.6) is 0 Å². The molecule has 0 fully saturated rings. The molecule has 0 saturated carbocycles. The number of hydrogen-bond acceptors (Lipinski definition) is 7. The van der Waals surface area contributed by atoms with Crippen LogP contribution in [0.1, 0.15) is 55.1 Å². The van der Waals surface area contributed by atoms with E-state index in [-0.39, 0.29) is 22.0 Å². The van der Waals surface area contributed by atoms with E-state index in [2.05, 4.69) is 10.4 Å². The van der Waals surface area contributed by atoms with Crippen LogP contribution in [0.2, 0.25) is 0 Å². The maximum atomic E-state index is 12.6. The van der Waals surface area contributed by atoms with E-state index in [1.165, 1.54) is 11.8 Å². The van der Waals surface area contributed by atoms with Gasteiger partial charge >= 0.3 is 11.9 Å². The number of methoxy groups -OCH3 is 1. The number of anilines is 1. The molecule has 26 heavy (non-hydrogen) atoms. The molecule has 1 amide bonds. The molecule has 0 aliphatic carbocycles. The number of aryl methyl sites for hydroxylation is 2. The topological polar surface area (TPSA) is 99.5 Å². The van der Waals surface area contributed by atoms with Gasteiger partial charge in [0.2, 0.25) is 0 Å². The van der Waals surface area contributed by atoms with Gasteiger partial charge in [0.25, 0.3) is 5.91 Å². The lowest BCUT2D eigenvalue weighted by Gasteiger charge is -2.07. The zero-order valence-electron chi connectivity index (χ0n) is 15.3. The molecule has 0 saturated heterocycles. The van der Waals surface area contributed by atoms with Crippen molar-refractivity contribution in [2.24, 2.45) is 7.05 Å². The summed E-state index contributed by atoms with van der Waals surface area (Å²) in [6, 6.07) is 1.63. The van der Waals surface area contributed by atoms with E-state index < -0.39 is 17.8 Å². The highest BCUT2D eigenvalue weighted by atomic mass is 32.1. The quantitative estimate of drug-likeness (QED) is 0.775. The number of ether oxygens (including phenoxy) is 2. The number of thiophene rings is 1. The predicted octanol–water partition coefficient (Wildman–Crippen LogP) is 2.70. The van der Waals surface area contributed by atoms with Gasteiger partial charge in [0, 0.05) is 7.05 Å². The monoisotopic (exact) mass is 379 g/mol.